The molecule has 0 fully saturated rings. The summed E-state index contributed by atoms with van der Waals surface area (Å²) in [5.41, 5.74) is 5.72. The number of carbonyl (C=O) groups is 2. The van der Waals surface area contributed by atoms with Crippen LogP contribution in [0.25, 0.3) is 0 Å². The molecule has 0 radical (unpaired) electrons. The van der Waals surface area contributed by atoms with Crippen molar-refractivity contribution in [2.24, 2.45) is 0 Å². The number of anilines is 1. The van der Waals surface area contributed by atoms with Crippen LogP contribution in [-0.4, -0.2) is 37.9 Å². The zero-order valence-electron chi connectivity index (χ0n) is 12.4. The Balaban J connectivity index is 0.000000243. The van der Waals surface area contributed by atoms with Gasteiger partial charge in [-0.15, -0.1) is 0 Å². The van der Waals surface area contributed by atoms with Gasteiger partial charge in [-0.25, -0.2) is 14.6 Å². The molecule has 0 unspecified atom stereocenters. The molecule has 0 aliphatic carbocycles. The Labute approximate surface area is 134 Å². The fourth-order valence-corrected chi connectivity index (χ4v) is 1.64. The molecule has 7 nitrogen and oxygen atoms in total. The van der Waals surface area contributed by atoms with E-state index in [2.05, 4.69) is 4.98 Å². The van der Waals surface area contributed by atoms with Gasteiger partial charge in [0.05, 0.1) is 23.7 Å². The topological polar surface area (TPSA) is 118 Å². The standard InChI is InChI=1S/C9H8O4.C5H6F3N3/c1-5-2-3-6(8(10)11)4-7(5)9(12)13;6-5(7,8)2-11-3-10-1-4(11)9/h2-4H,1H3,(H,10,11)(H,12,13);1,3H,2,9H2. The summed E-state index contributed by atoms with van der Waals surface area (Å²) in [5.74, 6) is -2.22. The molecule has 10 heteroatoms. The summed E-state index contributed by atoms with van der Waals surface area (Å²) in [6.45, 7) is 0.536. The van der Waals surface area contributed by atoms with Gasteiger partial charge in [-0.05, 0) is 24.6 Å². The van der Waals surface area contributed by atoms with E-state index in [9.17, 15) is 22.8 Å². The fourth-order valence-electron chi connectivity index (χ4n) is 1.64. The van der Waals surface area contributed by atoms with E-state index in [0.717, 1.165) is 17.0 Å². The Hall–Kier alpha value is -3.04. The van der Waals surface area contributed by atoms with Crippen molar-refractivity contribution in [3.63, 3.8) is 0 Å². The molecule has 0 amide bonds. The first kappa shape index (κ1) is 19.0. The quantitative estimate of drug-likeness (QED) is 0.786. The average molecular weight is 345 g/mol. The SMILES string of the molecule is Cc1ccc(C(=O)O)cc1C(=O)O.Nc1cncn1CC(F)(F)F. The number of halogens is 3. The van der Waals surface area contributed by atoms with Crippen LogP contribution in [0, 0.1) is 6.92 Å². The highest BCUT2D eigenvalue weighted by Gasteiger charge is 2.28. The van der Waals surface area contributed by atoms with Crippen LogP contribution >= 0.6 is 0 Å². The zero-order chi connectivity index (χ0) is 18.5. The number of imidazole rings is 1. The molecule has 4 N–H and O–H groups in total. The number of benzene rings is 1. The number of aryl methyl sites for hydroxylation is 1. The molecule has 130 valence electrons. The van der Waals surface area contributed by atoms with Crippen molar-refractivity contribution in [2.75, 3.05) is 5.73 Å². The molecule has 0 aliphatic rings. The lowest BCUT2D eigenvalue weighted by atomic mass is 10.1. The molecule has 2 rings (SSSR count). The Morgan fingerprint density at radius 1 is 1.25 bits per heavy atom. The minimum Gasteiger partial charge on any atom is -0.478 e. The van der Waals surface area contributed by atoms with Crippen LogP contribution < -0.4 is 5.73 Å². The van der Waals surface area contributed by atoms with Gasteiger partial charge in [0.1, 0.15) is 12.4 Å². The number of carboxylic acid groups (broad SMARTS) is 2. The van der Waals surface area contributed by atoms with Crippen LogP contribution in [-0.2, 0) is 6.54 Å². The molecule has 0 aliphatic heterocycles. The Morgan fingerprint density at radius 2 is 1.88 bits per heavy atom. The Bertz CT molecular complexity index is 741. The second kappa shape index (κ2) is 7.49. The number of hydrogen-bond donors (Lipinski definition) is 3. The van der Waals surface area contributed by atoms with Gasteiger partial charge in [0.25, 0.3) is 0 Å². The van der Waals surface area contributed by atoms with Crippen molar-refractivity contribution >= 4 is 17.8 Å². The minimum absolute atomic E-state index is 0.0111. The second-order valence-electron chi connectivity index (χ2n) is 4.70. The summed E-state index contributed by atoms with van der Waals surface area (Å²) >= 11 is 0. The van der Waals surface area contributed by atoms with Gasteiger partial charge >= 0.3 is 18.1 Å². The normalized spacial score (nSPS) is 10.7. The number of alkyl halides is 3. The van der Waals surface area contributed by atoms with Gasteiger partial charge in [0.2, 0.25) is 0 Å². The second-order valence-corrected chi connectivity index (χ2v) is 4.70. The summed E-state index contributed by atoms with van der Waals surface area (Å²) in [4.78, 5) is 24.5. The lowest BCUT2D eigenvalue weighted by Gasteiger charge is -2.07. The van der Waals surface area contributed by atoms with E-state index in [1.165, 1.54) is 18.3 Å². The molecule has 1 aromatic heterocycles. The molecule has 0 saturated carbocycles. The summed E-state index contributed by atoms with van der Waals surface area (Å²) in [6, 6.07) is 4.01. The van der Waals surface area contributed by atoms with E-state index in [-0.39, 0.29) is 16.9 Å². The smallest absolute Gasteiger partial charge is 0.406 e. The van der Waals surface area contributed by atoms with Crippen LogP contribution in [0.4, 0.5) is 19.0 Å². The molecular weight excluding hydrogens is 331 g/mol. The lowest BCUT2D eigenvalue weighted by molar-refractivity contribution is -0.140. The van der Waals surface area contributed by atoms with Crippen LogP contribution in [0.1, 0.15) is 26.3 Å². The number of aromatic carboxylic acids is 2. The van der Waals surface area contributed by atoms with Crippen molar-refractivity contribution in [3.8, 4) is 0 Å². The first-order valence-electron chi connectivity index (χ1n) is 6.41. The predicted molar refractivity (Wildman–Crippen MR) is 77.8 cm³/mol. The van der Waals surface area contributed by atoms with Crippen LogP contribution in [0.2, 0.25) is 0 Å². The number of nitrogen functional groups attached to an aromatic ring is 1. The maximum Gasteiger partial charge on any atom is 0.406 e. The maximum atomic E-state index is 11.7. The van der Waals surface area contributed by atoms with Crippen molar-refractivity contribution in [1.29, 1.82) is 0 Å². The van der Waals surface area contributed by atoms with Gasteiger partial charge in [-0.2, -0.15) is 13.2 Å². The van der Waals surface area contributed by atoms with Crippen molar-refractivity contribution in [1.82, 2.24) is 9.55 Å². The summed E-state index contributed by atoms with van der Waals surface area (Å²) in [5, 5.41) is 17.3. The molecule has 0 spiro atoms. The summed E-state index contributed by atoms with van der Waals surface area (Å²) in [7, 11) is 0. The van der Waals surface area contributed by atoms with Gasteiger partial charge in [-0.1, -0.05) is 6.07 Å². The van der Waals surface area contributed by atoms with Crippen LogP contribution in [0.3, 0.4) is 0 Å². The summed E-state index contributed by atoms with van der Waals surface area (Å²) in [6.07, 6.45) is -2.02. The van der Waals surface area contributed by atoms with Crippen LogP contribution in [0.15, 0.2) is 30.7 Å². The molecule has 2 aromatic rings. The lowest BCUT2D eigenvalue weighted by Crippen LogP contribution is -2.18. The van der Waals surface area contributed by atoms with Gasteiger partial charge in [-0.3, -0.25) is 0 Å². The van der Waals surface area contributed by atoms with E-state index in [1.54, 1.807) is 6.92 Å². The van der Waals surface area contributed by atoms with E-state index < -0.39 is 24.7 Å². The number of aromatic nitrogens is 2. The zero-order valence-corrected chi connectivity index (χ0v) is 12.4. The fraction of sp³-hybridized carbons (Fsp3) is 0.214. The number of hydrogen-bond acceptors (Lipinski definition) is 4. The number of nitrogens with two attached hydrogens (primary N) is 1. The van der Waals surface area contributed by atoms with E-state index in [4.69, 9.17) is 15.9 Å². The largest absolute Gasteiger partial charge is 0.478 e. The number of carboxylic acids is 2. The molecule has 0 atom stereocenters. The number of nitrogens with zero attached hydrogens (tertiary/aromatic N) is 2. The first-order chi connectivity index (χ1) is 11.0. The predicted octanol–water partition coefficient (Wildman–Crippen LogP) is 2.42. The molecule has 0 bridgehead atoms. The van der Waals surface area contributed by atoms with Crippen LogP contribution in [0.5, 0.6) is 0 Å². The first-order valence-corrected chi connectivity index (χ1v) is 6.41. The monoisotopic (exact) mass is 345 g/mol. The third-order valence-electron chi connectivity index (χ3n) is 2.81. The Kier molecular flexibility index (Phi) is 5.93. The van der Waals surface area contributed by atoms with Crippen molar-refractivity contribution < 1.29 is 33.0 Å². The number of rotatable bonds is 3. The van der Waals surface area contributed by atoms with Gasteiger partial charge in [0.15, 0.2) is 0 Å². The van der Waals surface area contributed by atoms with Gasteiger partial charge < -0.3 is 20.5 Å². The van der Waals surface area contributed by atoms with E-state index in [1.807, 2.05) is 0 Å². The summed E-state index contributed by atoms with van der Waals surface area (Å²) < 4.78 is 35.9. The molecule has 0 saturated heterocycles. The molecule has 1 aromatic carbocycles. The minimum atomic E-state index is -4.24. The maximum absolute atomic E-state index is 11.7. The van der Waals surface area contributed by atoms with Crippen molar-refractivity contribution in [3.05, 3.63) is 47.4 Å². The third kappa shape index (κ3) is 5.63. The highest BCUT2D eigenvalue weighted by atomic mass is 19.4. The Morgan fingerprint density at radius 3 is 2.29 bits per heavy atom. The molecular formula is C14H14F3N3O4. The van der Waals surface area contributed by atoms with Crippen molar-refractivity contribution in [2.45, 2.75) is 19.6 Å². The van der Waals surface area contributed by atoms with E-state index >= 15 is 0 Å². The van der Waals surface area contributed by atoms with Gasteiger partial charge in [0, 0.05) is 0 Å². The third-order valence-corrected chi connectivity index (χ3v) is 2.81. The average Bonchev–Trinajstić information content (AvgIpc) is 2.82. The highest BCUT2D eigenvalue weighted by molar-refractivity contribution is 5.94. The highest BCUT2D eigenvalue weighted by Crippen LogP contribution is 2.18. The molecule has 24 heavy (non-hydrogen) atoms. The van der Waals surface area contributed by atoms with E-state index in [0.29, 0.717) is 5.56 Å². The molecule has 1 heterocycles.